The average Bonchev–Trinajstić information content (AvgIpc) is 3.47. The number of nitrogens with one attached hydrogen (secondary N) is 2. The van der Waals surface area contributed by atoms with E-state index in [1.807, 2.05) is 35.1 Å². The van der Waals surface area contributed by atoms with Crippen molar-refractivity contribution in [3.8, 4) is 22.4 Å². The number of aliphatic hydroxyl groups is 1. The standard InChI is InChI=1S/C27H21ClF2N4O4S/c28-18-7-8-19-23(13-18)32-25(27(36)33-39(37,38)11-10-35)24(19)26-20(17-4-2-1-3-5-17)14-31-34(26)15-16-6-9-21(29)22(30)12-16/h1-9,12-14,32,35H,10-11,15H2,(H,33,36). The number of hydrogen-bond acceptors (Lipinski definition) is 5. The molecule has 39 heavy (non-hydrogen) atoms. The molecule has 3 aromatic carbocycles. The second kappa shape index (κ2) is 10.6. The van der Waals surface area contributed by atoms with Gasteiger partial charge in [0.15, 0.2) is 11.6 Å². The van der Waals surface area contributed by atoms with Gasteiger partial charge < -0.3 is 10.1 Å². The Kier molecular flexibility index (Phi) is 7.21. The number of fused-ring (bicyclic) bond motifs is 1. The molecule has 0 bridgehead atoms. The van der Waals surface area contributed by atoms with Crippen LogP contribution in [0.15, 0.2) is 72.9 Å². The summed E-state index contributed by atoms with van der Waals surface area (Å²) in [6.07, 6.45) is 1.59. The van der Waals surface area contributed by atoms with Crippen LogP contribution in [0.25, 0.3) is 33.3 Å². The van der Waals surface area contributed by atoms with E-state index < -0.39 is 39.9 Å². The quantitative estimate of drug-likeness (QED) is 0.249. The third-order valence-corrected chi connectivity index (χ3v) is 7.52. The molecule has 0 aliphatic heterocycles. The highest BCUT2D eigenvalue weighted by Gasteiger charge is 2.27. The van der Waals surface area contributed by atoms with Gasteiger partial charge in [0.25, 0.3) is 5.91 Å². The van der Waals surface area contributed by atoms with Gasteiger partial charge in [-0.15, -0.1) is 0 Å². The summed E-state index contributed by atoms with van der Waals surface area (Å²) < 4.78 is 55.8. The maximum atomic E-state index is 14.0. The van der Waals surface area contributed by atoms with Crippen molar-refractivity contribution < 1.29 is 27.1 Å². The summed E-state index contributed by atoms with van der Waals surface area (Å²) in [6.45, 7) is -0.652. The number of H-pyrrole nitrogens is 1. The van der Waals surface area contributed by atoms with Crippen LogP contribution in [0.3, 0.4) is 0 Å². The number of hydrogen-bond donors (Lipinski definition) is 3. The largest absolute Gasteiger partial charge is 0.395 e. The minimum Gasteiger partial charge on any atom is -0.395 e. The third-order valence-electron chi connectivity index (χ3n) is 6.07. The van der Waals surface area contributed by atoms with Crippen molar-refractivity contribution in [2.75, 3.05) is 12.4 Å². The topological polar surface area (TPSA) is 117 Å². The summed E-state index contributed by atoms with van der Waals surface area (Å²) in [5.41, 5.74) is 2.92. The molecule has 0 saturated carbocycles. The van der Waals surface area contributed by atoms with Crippen LogP contribution in [0.5, 0.6) is 0 Å². The number of sulfonamides is 1. The maximum Gasteiger partial charge on any atom is 0.281 e. The van der Waals surface area contributed by atoms with Crippen LogP contribution >= 0.6 is 11.6 Å². The number of halogens is 3. The molecule has 0 fully saturated rings. The molecule has 12 heteroatoms. The molecule has 2 heterocycles. The molecule has 5 rings (SSSR count). The lowest BCUT2D eigenvalue weighted by Gasteiger charge is -2.13. The summed E-state index contributed by atoms with van der Waals surface area (Å²) in [4.78, 5) is 16.3. The van der Waals surface area contributed by atoms with Crippen molar-refractivity contribution >= 4 is 38.4 Å². The molecule has 3 N–H and O–H groups in total. The fourth-order valence-electron chi connectivity index (χ4n) is 4.36. The number of rotatable bonds is 8. The van der Waals surface area contributed by atoms with Gasteiger partial charge in [-0.3, -0.25) is 9.48 Å². The van der Waals surface area contributed by atoms with Crippen molar-refractivity contribution in [2.24, 2.45) is 0 Å². The molecule has 1 amide bonds. The predicted octanol–water partition coefficient (Wildman–Crippen LogP) is 4.73. The highest BCUT2D eigenvalue weighted by Crippen LogP contribution is 2.40. The van der Waals surface area contributed by atoms with E-state index in [1.54, 1.807) is 24.4 Å². The second-order valence-corrected chi connectivity index (χ2v) is 11.0. The van der Waals surface area contributed by atoms with Crippen LogP contribution in [0.1, 0.15) is 16.1 Å². The van der Waals surface area contributed by atoms with E-state index in [-0.39, 0.29) is 12.2 Å². The van der Waals surface area contributed by atoms with Crippen LogP contribution in [-0.2, 0) is 16.6 Å². The summed E-state index contributed by atoms with van der Waals surface area (Å²) in [5.74, 6) is -3.62. The molecule has 0 aliphatic rings. The Bertz CT molecular complexity index is 1800. The Morgan fingerprint density at radius 2 is 1.82 bits per heavy atom. The van der Waals surface area contributed by atoms with Crippen LogP contribution in [0.2, 0.25) is 5.02 Å². The molecule has 0 atom stereocenters. The first-order chi connectivity index (χ1) is 18.7. The number of carbonyl (C=O) groups excluding carboxylic acids is 1. The van der Waals surface area contributed by atoms with Gasteiger partial charge in [0.05, 0.1) is 30.8 Å². The molecule has 8 nitrogen and oxygen atoms in total. The van der Waals surface area contributed by atoms with E-state index >= 15 is 0 Å². The zero-order chi connectivity index (χ0) is 27.7. The van der Waals surface area contributed by atoms with E-state index in [9.17, 15) is 22.0 Å². The minimum atomic E-state index is -4.14. The van der Waals surface area contributed by atoms with E-state index in [0.29, 0.717) is 38.3 Å². The summed E-state index contributed by atoms with van der Waals surface area (Å²) in [6, 6.07) is 17.6. The molecule has 0 aliphatic carbocycles. The first kappa shape index (κ1) is 26.5. The third kappa shape index (κ3) is 5.42. The molecule has 0 unspecified atom stereocenters. The zero-order valence-corrected chi connectivity index (χ0v) is 21.7. The normalized spacial score (nSPS) is 11.7. The van der Waals surface area contributed by atoms with Crippen molar-refractivity contribution in [3.05, 3.63) is 101 Å². The predicted molar refractivity (Wildman–Crippen MR) is 144 cm³/mol. The summed E-state index contributed by atoms with van der Waals surface area (Å²) in [5, 5.41) is 14.5. The molecule has 2 aromatic heterocycles. The number of aliphatic hydroxyl groups excluding tert-OH is 1. The van der Waals surface area contributed by atoms with Crippen molar-refractivity contribution in [2.45, 2.75) is 6.54 Å². The second-order valence-electron chi connectivity index (χ2n) is 8.72. The van der Waals surface area contributed by atoms with Crippen molar-refractivity contribution in [1.29, 1.82) is 0 Å². The lowest BCUT2D eigenvalue weighted by molar-refractivity contribution is 0.0978. The van der Waals surface area contributed by atoms with Crippen LogP contribution in [0, 0.1) is 11.6 Å². The highest BCUT2D eigenvalue weighted by atomic mass is 35.5. The van der Waals surface area contributed by atoms with Gasteiger partial charge in [-0.1, -0.05) is 54.1 Å². The van der Waals surface area contributed by atoms with Gasteiger partial charge in [-0.2, -0.15) is 5.10 Å². The zero-order valence-electron chi connectivity index (χ0n) is 20.2. The summed E-state index contributed by atoms with van der Waals surface area (Å²) in [7, 11) is -4.14. The van der Waals surface area contributed by atoms with E-state index in [1.165, 1.54) is 10.7 Å². The Balaban J connectivity index is 1.76. The first-order valence-electron chi connectivity index (χ1n) is 11.7. The van der Waals surface area contributed by atoms with Crippen molar-refractivity contribution in [3.63, 3.8) is 0 Å². The molecule has 200 valence electrons. The number of nitrogens with zero attached hydrogens (tertiary/aromatic N) is 2. The van der Waals surface area contributed by atoms with Crippen LogP contribution < -0.4 is 4.72 Å². The fraction of sp³-hybridized carbons (Fsp3) is 0.111. The summed E-state index contributed by atoms with van der Waals surface area (Å²) >= 11 is 6.20. The Hall–Kier alpha value is -4.06. The van der Waals surface area contributed by atoms with Gasteiger partial charge in [0.2, 0.25) is 10.0 Å². The lowest BCUT2D eigenvalue weighted by atomic mass is 9.98. The van der Waals surface area contributed by atoms with E-state index in [4.69, 9.17) is 16.7 Å². The Morgan fingerprint density at radius 3 is 2.54 bits per heavy atom. The van der Waals surface area contributed by atoms with Gasteiger partial charge in [-0.25, -0.2) is 21.9 Å². The molecular formula is C27H21ClF2N4O4S. The van der Waals surface area contributed by atoms with E-state index in [2.05, 4.69) is 10.1 Å². The Labute approximate surface area is 226 Å². The molecular weight excluding hydrogens is 550 g/mol. The average molecular weight is 571 g/mol. The van der Waals surface area contributed by atoms with E-state index in [0.717, 1.165) is 17.7 Å². The molecule has 5 aromatic rings. The maximum absolute atomic E-state index is 14.0. The number of carbonyl (C=O) groups is 1. The molecule has 0 radical (unpaired) electrons. The SMILES string of the molecule is O=C(NS(=O)(=O)CCO)c1[nH]c2cc(Cl)ccc2c1-c1c(-c2ccccc2)cnn1Cc1ccc(F)c(F)c1. The van der Waals surface area contributed by atoms with Gasteiger partial charge in [0, 0.05) is 27.1 Å². The molecule has 0 saturated heterocycles. The van der Waals surface area contributed by atoms with Crippen molar-refractivity contribution in [1.82, 2.24) is 19.5 Å². The van der Waals surface area contributed by atoms with Crippen LogP contribution in [0.4, 0.5) is 8.78 Å². The number of benzene rings is 3. The monoisotopic (exact) mass is 570 g/mol. The molecule has 0 spiro atoms. The number of aromatic nitrogens is 3. The number of aromatic amines is 1. The minimum absolute atomic E-state index is 0.0174. The van der Waals surface area contributed by atoms with Gasteiger partial charge >= 0.3 is 0 Å². The fourth-order valence-corrected chi connectivity index (χ4v) is 5.26. The van der Waals surface area contributed by atoms with Gasteiger partial charge in [-0.05, 0) is 35.4 Å². The van der Waals surface area contributed by atoms with Gasteiger partial charge in [0.1, 0.15) is 5.69 Å². The smallest absolute Gasteiger partial charge is 0.281 e. The lowest BCUT2D eigenvalue weighted by Crippen LogP contribution is -2.34. The van der Waals surface area contributed by atoms with Crippen LogP contribution in [-0.4, -0.2) is 46.6 Å². The highest BCUT2D eigenvalue weighted by molar-refractivity contribution is 7.90. The first-order valence-corrected chi connectivity index (χ1v) is 13.7. The number of amides is 1. The Morgan fingerprint density at radius 1 is 1.05 bits per heavy atom.